The molecule has 1 aliphatic heterocycles. The Labute approximate surface area is 105 Å². The average Bonchev–Trinajstić information content (AvgIpc) is 2.86. The van der Waals surface area contributed by atoms with Gasteiger partial charge in [0.25, 0.3) is 0 Å². The predicted molar refractivity (Wildman–Crippen MR) is 71.8 cm³/mol. The monoisotopic (exact) mass is 255 g/mol. The number of halogens is 1. The van der Waals surface area contributed by atoms with Gasteiger partial charge in [0.1, 0.15) is 0 Å². The summed E-state index contributed by atoms with van der Waals surface area (Å²) in [6, 6.07) is 8.81. The van der Waals surface area contributed by atoms with Crippen molar-refractivity contribution in [3.63, 3.8) is 0 Å². The largest absolute Gasteiger partial charge is 0.357 e. The van der Waals surface area contributed by atoms with Crippen LogP contribution in [0.25, 0.3) is 10.2 Å². The van der Waals surface area contributed by atoms with Crippen molar-refractivity contribution in [3.8, 4) is 0 Å². The van der Waals surface area contributed by atoms with Gasteiger partial charge in [-0.05, 0) is 25.1 Å². The summed E-state index contributed by atoms with van der Waals surface area (Å²) in [5.74, 6) is 0. The van der Waals surface area contributed by atoms with Crippen molar-refractivity contribution in [2.45, 2.75) is 12.5 Å². The van der Waals surface area contributed by atoms with E-state index in [1.165, 1.54) is 11.1 Å². The van der Waals surface area contributed by atoms with Crippen LogP contribution in [-0.4, -0.2) is 24.1 Å². The van der Waals surface area contributed by atoms with Crippen LogP contribution in [0.3, 0.4) is 0 Å². The van der Waals surface area contributed by atoms with Gasteiger partial charge in [0.05, 0.1) is 10.2 Å². The van der Waals surface area contributed by atoms with Gasteiger partial charge in [0, 0.05) is 12.6 Å². The molecule has 2 heterocycles. The smallest absolute Gasteiger partial charge is 0.184 e. The Morgan fingerprint density at radius 2 is 2.25 bits per heavy atom. The molecular formula is C11H14ClN3S. The molecule has 2 N–H and O–H groups in total. The van der Waals surface area contributed by atoms with Crippen molar-refractivity contribution < 1.29 is 0 Å². The maximum atomic E-state index is 4.56. The summed E-state index contributed by atoms with van der Waals surface area (Å²) in [6.07, 6.45) is 1.19. The van der Waals surface area contributed by atoms with Crippen molar-refractivity contribution in [3.05, 3.63) is 24.3 Å². The van der Waals surface area contributed by atoms with Crippen LogP contribution in [0.15, 0.2) is 24.3 Å². The average molecular weight is 256 g/mol. The van der Waals surface area contributed by atoms with E-state index in [0.717, 1.165) is 23.7 Å². The quantitative estimate of drug-likeness (QED) is 0.866. The number of fused-ring (bicyclic) bond motifs is 1. The van der Waals surface area contributed by atoms with Crippen LogP contribution in [0, 0.1) is 0 Å². The Kier molecular flexibility index (Phi) is 3.63. The van der Waals surface area contributed by atoms with Gasteiger partial charge in [-0.2, -0.15) is 0 Å². The Morgan fingerprint density at radius 1 is 1.38 bits per heavy atom. The predicted octanol–water partition coefficient (Wildman–Crippen LogP) is 2.49. The second-order valence-corrected chi connectivity index (χ2v) is 4.85. The highest BCUT2D eigenvalue weighted by molar-refractivity contribution is 7.22. The zero-order valence-electron chi connectivity index (χ0n) is 8.77. The van der Waals surface area contributed by atoms with Gasteiger partial charge in [0.15, 0.2) is 5.13 Å². The van der Waals surface area contributed by atoms with E-state index in [0.29, 0.717) is 6.04 Å². The number of nitrogens with zero attached hydrogens (tertiary/aromatic N) is 1. The van der Waals surface area contributed by atoms with Gasteiger partial charge < -0.3 is 10.6 Å². The minimum Gasteiger partial charge on any atom is -0.357 e. The van der Waals surface area contributed by atoms with Gasteiger partial charge in [0.2, 0.25) is 0 Å². The van der Waals surface area contributed by atoms with Gasteiger partial charge in [-0.1, -0.05) is 23.5 Å². The second kappa shape index (κ2) is 4.99. The Balaban J connectivity index is 0.000000963. The molecule has 1 aliphatic rings. The number of benzene rings is 1. The van der Waals surface area contributed by atoms with Crippen LogP contribution in [-0.2, 0) is 0 Å². The van der Waals surface area contributed by atoms with Gasteiger partial charge >= 0.3 is 0 Å². The molecule has 86 valence electrons. The lowest BCUT2D eigenvalue weighted by Crippen LogP contribution is -2.21. The molecule has 16 heavy (non-hydrogen) atoms. The van der Waals surface area contributed by atoms with Crippen molar-refractivity contribution in [1.29, 1.82) is 0 Å². The Morgan fingerprint density at radius 3 is 3.00 bits per heavy atom. The summed E-state index contributed by atoms with van der Waals surface area (Å²) in [5.41, 5.74) is 1.09. The standard InChI is InChI=1S/C11H13N3S.ClH/c1-2-4-10-9(3-1)14-11(15-10)13-8-5-6-12-7-8;/h1-4,8,12H,5-7H2,(H,13,14);1H/t8-;/m1./s1. The van der Waals surface area contributed by atoms with E-state index < -0.39 is 0 Å². The van der Waals surface area contributed by atoms with E-state index in [9.17, 15) is 0 Å². The molecule has 0 radical (unpaired) electrons. The van der Waals surface area contributed by atoms with Crippen molar-refractivity contribution in [2.24, 2.45) is 0 Å². The summed E-state index contributed by atoms with van der Waals surface area (Å²) in [7, 11) is 0. The number of nitrogens with one attached hydrogen (secondary N) is 2. The molecule has 3 nitrogen and oxygen atoms in total. The second-order valence-electron chi connectivity index (χ2n) is 3.82. The highest BCUT2D eigenvalue weighted by Crippen LogP contribution is 2.26. The third kappa shape index (κ3) is 2.29. The fourth-order valence-corrected chi connectivity index (χ4v) is 2.83. The van der Waals surface area contributed by atoms with Crippen LogP contribution in [0.2, 0.25) is 0 Å². The first-order valence-corrected chi connectivity index (χ1v) is 6.06. The topological polar surface area (TPSA) is 37.0 Å². The molecule has 1 aromatic heterocycles. The summed E-state index contributed by atoms with van der Waals surface area (Å²) in [6.45, 7) is 2.17. The summed E-state index contributed by atoms with van der Waals surface area (Å²) < 4.78 is 1.26. The van der Waals surface area contributed by atoms with Crippen LogP contribution >= 0.6 is 23.7 Å². The molecule has 2 aromatic rings. The van der Waals surface area contributed by atoms with Crippen LogP contribution in [0.1, 0.15) is 6.42 Å². The van der Waals surface area contributed by atoms with Crippen LogP contribution < -0.4 is 10.6 Å². The summed E-state index contributed by atoms with van der Waals surface area (Å²) in [4.78, 5) is 4.56. The fraction of sp³-hybridized carbons (Fsp3) is 0.364. The van der Waals surface area contributed by atoms with E-state index in [1.54, 1.807) is 11.3 Å². The number of rotatable bonds is 2. The number of hydrogen-bond acceptors (Lipinski definition) is 4. The van der Waals surface area contributed by atoms with Gasteiger partial charge in [-0.15, -0.1) is 12.4 Å². The molecule has 1 atom stereocenters. The minimum absolute atomic E-state index is 0. The third-order valence-electron chi connectivity index (χ3n) is 2.68. The molecule has 0 saturated carbocycles. The third-order valence-corrected chi connectivity index (χ3v) is 3.65. The lowest BCUT2D eigenvalue weighted by Gasteiger charge is -2.08. The first-order valence-electron chi connectivity index (χ1n) is 5.25. The van der Waals surface area contributed by atoms with Crippen molar-refractivity contribution >= 4 is 39.1 Å². The Hall–Kier alpha value is -0.840. The lowest BCUT2D eigenvalue weighted by molar-refractivity contribution is 0.792. The Bertz CT molecular complexity index is 432. The first-order chi connectivity index (χ1) is 7.42. The molecule has 0 aliphatic carbocycles. The molecule has 5 heteroatoms. The minimum atomic E-state index is 0. The van der Waals surface area contributed by atoms with Crippen LogP contribution in [0.5, 0.6) is 0 Å². The number of para-hydroxylation sites is 1. The zero-order valence-corrected chi connectivity index (χ0v) is 10.4. The number of hydrogen-bond donors (Lipinski definition) is 2. The highest BCUT2D eigenvalue weighted by Gasteiger charge is 2.15. The molecule has 1 fully saturated rings. The summed E-state index contributed by atoms with van der Waals surface area (Å²) >= 11 is 1.73. The normalized spacial score (nSPS) is 19.6. The molecular weight excluding hydrogens is 242 g/mol. The van der Waals surface area contributed by atoms with Crippen molar-refractivity contribution in [1.82, 2.24) is 10.3 Å². The maximum absolute atomic E-state index is 4.56. The maximum Gasteiger partial charge on any atom is 0.184 e. The molecule has 0 bridgehead atoms. The first kappa shape index (κ1) is 11.6. The van der Waals surface area contributed by atoms with E-state index in [4.69, 9.17) is 0 Å². The SMILES string of the molecule is Cl.c1ccc2sc(N[C@@H]3CCNC3)nc2c1. The van der Waals surface area contributed by atoms with E-state index >= 15 is 0 Å². The number of thiazole rings is 1. The summed E-state index contributed by atoms with van der Waals surface area (Å²) in [5, 5.41) is 7.86. The molecule has 3 rings (SSSR count). The molecule has 1 saturated heterocycles. The highest BCUT2D eigenvalue weighted by atomic mass is 35.5. The lowest BCUT2D eigenvalue weighted by atomic mass is 10.3. The number of aromatic nitrogens is 1. The number of anilines is 1. The van der Waals surface area contributed by atoms with E-state index in [1.807, 2.05) is 6.07 Å². The molecule has 0 amide bonds. The van der Waals surface area contributed by atoms with Crippen molar-refractivity contribution in [2.75, 3.05) is 18.4 Å². The van der Waals surface area contributed by atoms with Gasteiger partial charge in [-0.3, -0.25) is 0 Å². The molecule has 0 unspecified atom stereocenters. The zero-order chi connectivity index (χ0) is 10.1. The molecule has 1 aromatic carbocycles. The fourth-order valence-electron chi connectivity index (χ4n) is 1.89. The van der Waals surface area contributed by atoms with Crippen LogP contribution in [0.4, 0.5) is 5.13 Å². The van der Waals surface area contributed by atoms with E-state index in [2.05, 4.69) is 33.8 Å². The van der Waals surface area contributed by atoms with E-state index in [-0.39, 0.29) is 12.4 Å². The molecule has 0 spiro atoms. The van der Waals surface area contributed by atoms with Gasteiger partial charge in [-0.25, -0.2) is 4.98 Å².